The first-order chi connectivity index (χ1) is 9.82. The van der Waals surface area contributed by atoms with Crippen molar-refractivity contribution < 1.29 is 35.9 Å². The van der Waals surface area contributed by atoms with Crippen molar-refractivity contribution in [2.75, 3.05) is 0 Å². The molecule has 0 aliphatic rings. The maximum atomic E-state index is 13.1. The van der Waals surface area contributed by atoms with E-state index in [1.54, 1.807) is 6.92 Å². The molecule has 130 valence electrons. The molecule has 0 heterocycles. The van der Waals surface area contributed by atoms with Crippen LogP contribution in [0.1, 0.15) is 46.5 Å². The molecule has 0 fully saturated rings. The Bertz CT molecular complexity index is 383. The number of carbonyl (C=O) groups is 1. The second-order valence-electron chi connectivity index (χ2n) is 5.19. The minimum atomic E-state index is -5.60. The highest BCUT2D eigenvalue weighted by Crippen LogP contribution is 2.54. The lowest BCUT2D eigenvalue weighted by Crippen LogP contribution is -2.56. The quantitative estimate of drug-likeness (QED) is 0.364. The van der Waals surface area contributed by atoms with E-state index in [0.29, 0.717) is 6.42 Å². The zero-order valence-electron chi connectivity index (χ0n) is 12.7. The average Bonchev–Trinajstić information content (AvgIpc) is 2.38. The van der Waals surface area contributed by atoms with Gasteiger partial charge in [-0.15, -0.1) is 0 Å². The van der Waals surface area contributed by atoms with Gasteiger partial charge in [0.15, 0.2) is 5.41 Å². The predicted molar refractivity (Wildman–Crippen MR) is 69.1 cm³/mol. The van der Waals surface area contributed by atoms with Gasteiger partial charge < -0.3 is 4.74 Å². The summed E-state index contributed by atoms with van der Waals surface area (Å²) in [5.41, 5.74) is -4.30. The van der Waals surface area contributed by atoms with Gasteiger partial charge in [-0.25, -0.2) is 4.79 Å². The lowest BCUT2D eigenvalue weighted by atomic mass is 9.80. The molecule has 1 atom stereocenters. The highest BCUT2D eigenvalue weighted by atomic mass is 19.4. The Labute approximate surface area is 125 Å². The third kappa shape index (κ3) is 4.39. The summed E-state index contributed by atoms with van der Waals surface area (Å²) >= 11 is 0. The van der Waals surface area contributed by atoms with Crippen LogP contribution in [0, 0.1) is 5.41 Å². The summed E-state index contributed by atoms with van der Waals surface area (Å²) in [6.07, 6.45) is -13.6. The summed E-state index contributed by atoms with van der Waals surface area (Å²) in [5.74, 6) is -1.23. The van der Waals surface area contributed by atoms with Gasteiger partial charge in [0.1, 0.15) is 6.10 Å². The van der Waals surface area contributed by atoms with Crippen molar-refractivity contribution >= 4 is 5.97 Å². The van der Waals surface area contributed by atoms with E-state index < -0.39 is 36.3 Å². The predicted octanol–water partition coefficient (Wildman–Crippen LogP) is 5.19. The fourth-order valence-corrected chi connectivity index (χ4v) is 1.74. The van der Waals surface area contributed by atoms with E-state index in [0.717, 1.165) is 0 Å². The number of hydrogen-bond donors (Lipinski definition) is 0. The molecule has 0 saturated carbocycles. The monoisotopic (exact) mass is 334 g/mol. The van der Waals surface area contributed by atoms with Gasteiger partial charge in [0.25, 0.3) is 0 Å². The molecular weight excluding hydrogens is 314 g/mol. The Morgan fingerprint density at radius 3 is 1.86 bits per heavy atom. The largest absolute Gasteiger partial charge is 0.458 e. The van der Waals surface area contributed by atoms with E-state index in [9.17, 15) is 31.1 Å². The third-order valence-electron chi connectivity index (χ3n) is 3.61. The summed E-state index contributed by atoms with van der Waals surface area (Å²) in [6.45, 7) is 6.41. The van der Waals surface area contributed by atoms with Gasteiger partial charge in [-0.1, -0.05) is 33.3 Å². The molecule has 0 N–H and O–H groups in total. The van der Waals surface area contributed by atoms with Crippen LogP contribution in [0.4, 0.5) is 26.3 Å². The first kappa shape index (κ1) is 20.8. The molecule has 0 aromatic heterocycles. The average molecular weight is 334 g/mol. The SMILES string of the molecule is C=C(CC)C(=O)OC(CCCC)C(C)(C(F)(F)F)C(F)(F)F. The fraction of sp³-hybridized carbons (Fsp3) is 0.786. The molecular formula is C14H20F6O2. The van der Waals surface area contributed by atoms with Crippen molar-refractivity contribution in [2.45, 2.75) is 64.9 Å². The van der Waals surface area contributed by atoms with Gasteiger partial charge in [0, 0.05) is 5.57 Å². The van der Waals surface area contributed by atoms with Crippen LogP contribution < -0.4 is 0 Å². The zero-order valence-corrected chi connectivity index (χ0v) is 12.7. The zero-order chi connectivity index (χ0) is 17.8. The number of halogens is 6. The summed E-state index contributed by atoms with van der Waals surface area (Å²) in [7, 11) is 0. The maximum absolute atomic E-state index is 13.1. The number of hydrogen-bond acceptors (Lipinski definition) is 2. The van der Waals surface area contributed by atoms with Crippen LogP contribution in [-0.4, -0.2) is 24.4 Å². The number of esters is 1. The Hall–Kier alpha value is -1.21. The number of ether oxygens (including phenoxy) is 1. The molecule has 0 aliphatic heterocycles. The number of rotatable bonds is 7. The molecule has 0 rings (SSSR count). The van der Waals surface area contributed by atoms with E-state index >= 15 is 0 Å². The van der Waals surface area contributed by atoms with Crippen molar-refractivity contribution in [2.24, 2.45) is 5.41 Å². The Balaban J connectivity index is 5.70. The maximum Gasteiger partial charge on any atom is 0.406 e. The smallest absolute Gasteiger partial charge is 0.406 e. The molecule has 0 radical (unpaired) electrons. The lowest BCUT2D eigenvalue weighted by Gasteiger charge is -2.39. The van der Waals surface area contributed by atoms with Crippen molar-refractivity contribution in [1.29, 1.82) is 0 Å². The lowest BCUT2D eigenvalue weighted by molar-refractivity contribution is -0.359. The highest BCUT2D eigenvalue weighted by Gasteiger charge is 2.72. The molecule has 1 unspecified atom stereocenters. The van der Waals surface area contributed by atoms with Gasteiger partial charge in [0.05, 0.1) is 0 Å². The number of alkyl halides is 6. The van der Waals surface area contributed by atoms with E-state index in [1.165, 1.54) is 6.92 Å². The van der Waals surface area contributed by atoms with Crippen molar-refractivity contribution in [1.82, 2.24) is 0 Å². The first-order valence-corrected chi connectivity index (χ1v) is 6.85. The minimum Gasteiger partial charge on any atom is -0.458 e. The second-order valence-corrected chi connectivity index (χ2v) is 5.19. The molecule has 22 heavy (non-hydrogen) atoms. The van der Waals surface area contributed by atoms with Gasteiger partial charge in [0.2, 0.25) is 0 Å². The van der Waals surface area contributed by atoms with Crippen LogP contribution in [0.25, 0.3) is 0 Å². The van der Waals surface area contributed by atoms with Gasteiger partial charge in [-0.2, -0.15) is 26.3 Å². The van der Waals surface area contributed by atoms with Crippen molar-refractivity contribution in [3.63, 3.8) is 0 Å². The van der Waals surface area contributed by atoms with Gasteiger partial charge >= 0.3 is 18.3 Å². The molecule has 8 heteroatoms. The summed E-state index contributed by atoms with van der Waals surface area (Å²) in [4.78, 5) is 11.6. The van der Waals surface area contributed by atoms with Crippen LogP contribution in [0.5, 0.6) is 0 Å². The van der Waals surface area contributed by atoms with Crippen LogP contribution in [0.3, 0.4) is 0 Å². The van der Waals surface area contributed by atoms with Gasteiger partial charge in [-0.3, -0.25) is 0 Å². The normalized spacial score (nSPS) is 14.6. The molecule has 0 aromatic carbocycles. The van der Waals surface area contributed by atoms with Crippen LogP contribution >= 0.6 is 0 Å². The fourth-order valence-electron chi connectivity index (χ4n) is 1.74. The molecule has 0 spiro atoms. The standard InChI is InChI=1S/C14H20F6O2/c1-5-7-8-10(22-11(21)9(3)6-2)12(4,13(15,16)17)14(18,19)20/h10H,3,5-8H2,1-2,4H3. The molecule has 0 aliphatic carbocycles. The van der Waals surface area contributed by atoms with E-state index in [1.807, 2.05) is 0 Å². The summed E-state index contributed by atoms with van der Waals surface area (Å²) in [6, 6.07) is 0. The molecule has 0 bridgehead atoms. The van der Waals surface area contributed by atoms with Crippen molar-refractivity contribution in [3.05, 3.63) is 12.2 Å². The van der Waals surface area contributed by atoms with Gasteiger partial charge in [-0.05, 0) is 19.8 Å². The third-order valence-corrected chi connectivity index (χ3v) is 3.61. The molecule has 0 amide bonds. The van der Waals surface area contributed by atoms with Crippen molar-refractivity contribution in [3.8, 4) is 0 Å². The molecule has 0 aromatic rings. The first-order valence-electron chi connectivity index (χ1n) is 6.85. The highest BCUT2D eigenvalue weighted by molar-refractivity contribution is 5.87. The van der Waals surface area contributed by atoms with E-state index in [2.05, 4.69) is 11.3 Å². The number of carbonyl (C=O) groups excluding carboxylic acids is 1. The minimum absolute atomic E-state index is 0.0231. The Morgan fingerprint density at radius 1 is 1.09 bits per heavy atom. The Morgan fingerprint density at radius 2 is 1.55 bits per heavy atom. The van der Waals surface area contributed by atoms with E-state index in [-0.39, 0.29) is 25.3 Å². The number of unbranched alkanes of at least 4 members (excludes halogenated alkanes) is 1. The van der Waals surface area contributed by atoms with Crippen LogP contribution in [-0.2, 0) is 9.53 Å². The Kier molecular flexibility index (Phi) is 6.96. The topological polar surface area (TPSA) is 26.3 Å². The van der Waals surface area contributed by atoms with Crippen LogP contribution in [0.2, 0.25) is 0 Å². The molecule has 2 nitrogen and oxygen atoms in total. The summed E-state index contributed by atoms with van der Waals surface area (Å²) in [5, 5.41) is 0. The summed E-state index contributed by atoms with van der Waals surface area (Å²) < 4.78 is 83.0. The van der Waals surface area contributed by atoms with Crippen LogP contribution in [0.15, 0.2) is 12.2 Å². The second kappa shape index (κ2) is 7.37. The molecule has 0 saturated heterocycles. The van der Waals surface area contributed by atoms with E-state index in [4.69, 9.17) is 0 Å².